The highest BCUT2D eigenvalue weighted by Gasteiger charge is 2.14. The van der Waals surface area contributed by atoms with Gasteiger partial charge >= 0.3 is 0 Å². The number of hydrogen-bond donors (Lipinski definition) is 2. The monoisotopic (exact) mass is 349 g/mol. The quantitative estimate of drug-likeness (QED) is 0.387. The summed E-state index contributed by atoms with van der Waals surface area (Å²) in [6.45, 7) is 6.41. The number of nitrogens with zero attached hydrogens (tertiary/aromatic N) is 1. The lowest BCUT2D eigenvalue weighted by atomic mass is 10.2. The van der Waals surface area contributed by atoms with E-state index in [1.54, 1.807) is 0 Å². The van der Waals surface area contributed by atoms with E-state index in [1.807, 2.05) is 6.07 Å². The zero-order valence-corrected chi connectivity index (χ0v) is 15.6. The van der Waals surface area contributed by atoms with Crippen molar-refractivity contribution < 1.29 is 4.74 Å². The molecule has 1 aromatic rings. The first kappa shape index (κ1) is 19.1. The molecule has 1 aliphatic heterocycles. The Morgan fingerprint density at radius 2 is 2.12 bits per heavy atom. The lowest BCUT2D eigenvalue weighted by Crippen LogP contribution is -2.38. The van der Waals surface area contributed by atoms with Gasteiger partial charge in [-0.2, -0.15) is 11.8 Å². The van der Waals surface area contributed by atoms with Crippen LogP contribution in [0.25, 0.3) is 0 Å². The first-order valence-corrected chi connectivity index (χ1v) is 10.2. The van der Waals surface area contributed by atoms with Gasteiger partial charge in [0.1, 0.15) is 0 Å². The first-order valence-electron chi connectivity index (χ1n) is 9.14. The van der Waals surface area contributed by atoms with E-state index >= 15 is 0 Å². The molecule has 1 atom stereocenters. The standard InChI is InChI=1S/C19H31N3OS/c1-2-20-19(22-16-18-10-6-15-24-18)21-12-7-13-23-14-11-17-8-4-3-5-9-17/h3-5,8-9,18H,2,6-7,10-16H2,1H3,(H2,20,21,22). The van der Waals surface area contributed by atoms with E-state index in [0.29, 0.717) is 5.25 Å². The summed E-state index contributed by atoms with van der Waals surface area (Å²) in [5.74, 6) is 2.24. The second kappa shape index (κ2) is 12.2. The van der Waals surface area contributed by atoms with Crippen LogP contribution in [0.3, 0.4) is 0 Å². The van der Waals surface area contributed by atoms with Crippen molar-refractivity contribution in [1.82, 2.24) is 10.6 Å². The summed E-state index contributed by atoms with van der Waals surface area (Å²) >= 11 is 2.06. The van der Waals surface area contributed by atoms with Gasteiger partial charge in [-0.25, -0.2) is 0 Å². The van der Waals surface area contributed by atoms with Gasteiger partial charge in [0, 0.05) is 24.9 Å². The van der Waals surface area contributed by atoms with Gasteiger partial charge in [-0.3, -0.25) is 4.99 Å². The molecule has 0 aromatic heterocycles. The minimum atomic E-state index is 0.710. The molecule has 1 saturated heterocycles. The third kappa shape index (κ3) is 8.06. The Hall–Kier alpha value is -1.20. The maximum Gasteiger partial charge on any atom is 0.191 e. The fourth-order valence-electron chi connectivity index (χ4n) is 2.64. The highest BCUT2D eigenvalue weighted by atomic mass is 32.2. The molecule has 0 bridgehead atoms. The lowest BCUT2D eigenvalue weighted by molar-refractivity contribution is 0.135. The van der Waals surface area contributed by atoms with Gasteiger partial charge in [0.05, 0.1) is 13.2 Å². The van der Waals surface area contributed by atoms with Crippen molar-refractivity contribution in [3.8, 4) is 0 Å². The molecule has 24 heavy (non-hydrogen) atoms. The fourth-order valence-corrected chi connectivity index (χ4v) is 3.82. The number of aliphatic imine (C=N–C) groups is 1. The van der Waals surface area contributed by atoms with Crippen molar-refractivity contribution in [3.05, 3.63) is 35.9 Å². The van der Waals surface area contributed by atoms with Crippen molar-refractivity contribution in [3.63, 3.8) is 0 Å². The van der Waals surface area contributed by atoms with E-state index in [0.717, 1.165) is 51.6 Å². The van der Waals surface area contributed by atoms with Crippen LogP contribution < -0.4 is 10.6 Å². The van der Waals surface area contributed by atoms with Crippen LogP contribution >= 0.6 is 11.8 Å². The van der Waals surface area contributed by atoms with Gasteiger partial charge in [0.15, 0.2) is 5.96 Å². The minimum absolute atomic E-state index is 0.710. The van der Waals surface area contributed by atoms with Crippen LogP contribution in [0.2, 0.25) is 0 Å². The van der Waals surface area contributed by atoms with E-state index in [4.69, 9.17) is 9.73 Å². The van der Waals surface area contributed by atoms with Crippen LogP contribution in [0, 0.1) is 0 Å². The van der Waals surface area contributed by atoms with Crippen molar-refractivity contribution >= 4 is 17.7 Å². The Kier molecular flexibility index (Phi) is 9.73. The number of thioether (sulfide) groups is 1. The SMILES string of the molecule is CCNC(=NCC1CCCS1)NCCCOCCc1ccccc1. The molecule has 5 heteroatoms. The van der Waals surface area contributed by atoms with Crippen LogP contribution in [0.5, 0.6) is 0 Å². The predicted molar refractivity (Wildman–Crippen MR) is 105 cm³/mol. The summed E-state index contributed by atoms with van der Waals surface area (Å²) in [7, 11) is 0. The number of benzene rings is 1. The van der Waals surface area contributed by atoms with E-state index < -0.39 is 0 Å². The van der Waals surface area contributed by atoms with Crippen LogP contribution in [-0.4, -0.2) is 49.8 Å². The molecule has 1 unspecified atom stereocenters. The molecule has 0 aliphatic carbocycles. The molecule has 4 nitrogen and oxygen atoms in total. The molecular weight excluding hydrogens is 318 g/mol. The zero-order valence-electron chi connectivity index (χ0n) is 14.8. The van der Waals surface area contributed by atoms with Crippen molar-refractivity contribution in [2.75, 3.05) is 38.6 Å². The molecule has 1 heterocycles. The predicted octanol–water partition coefficient (Wildman–Crippen LogP) is 3.09. The third-order valence-corrected chi connectivity index (χ3v) is 5.34. The van der Waals surface area contributed by atoms with E-state index in [2.05, 4.69) is 53.6 Å². The summed E-state index contributed by atoms with van der Waals surface area (Å²) in [5.41, 5.74) is 1.34. The molecule has 1 aliphatic rings. The van der Waals surface area contributed by atoms with Crippen LogP contribution in [0.1, 0.15) is 31.7 Å². The normalized spacial score (nSPS) is 17.9. The van der Waals surface area contributed by atoms with Crippen molar-refractivity contribution in [2.45, 2.75) is 37.9 Å². The smallest absolute Gasteiger partial charge is 0.191 e. The minimum Gasteiger partial charge on any atom is -0.381 e. The van der Waals surface area contributed by atoms with Gasteiger partial charge in [-0.15, -0.1) is 0 Å². The van der Waals surface area contributed by atoms with Gasteiger partial charge in [-0.1, -0.05) is 30.3 Å². The zero-order chi connectivity index (χ0) is 16.9. The molecule has 1 fully saturated rings. The second-order valence-electron chi connectivity index (χ2n) is 5.98. The maximum absolute atomic E-state index is 5.72. The van der Waals surface area contributed by atoms with Gasteiger partial charge in [0.2, 0.25) is 0 Å². The molecule has 134 valence electrons. The Balaban J connectivity index is 1.52. The molecule has 2 N–H and O–H groups in total. The molecule has 2 rings (SSSR count). The lowest BCUT2D eigenvalue weighted by Gasteiger charge is -2.12. The van der Waals surface area contributed by atoms with Gasteiger partial charge in [-0.05, 0) is 43.9 Å². The average Bonchev–Trinajstić information content (AvgIpc) is 3.13. The molecule has 0 saturated carbocycles. The van der Waals surface area contributed by atoms with E-state index in [9.17, 15) is 0 Å². The molecule has 1 aromatic carbocycles. The summed E-state index contributed by atoms with van der Waals surface area (Å²) < 4.78 is 5.72. The molecular formula is C19H31N3OS. The van der Waals surface area contributed by atoms with Crippen LogP contribution in [-0.2, 0) is 11.2 Å². The van der Waals surface area contributed by atoms with Crippen molar-refractivity contribution in [1.29, 1.82) is 0 Å². The fraction of sp³-hybridized carbons (Fsp3) is 0.632. The first-order chi connectivity index (χ1) is 11.9. The van der Waals surface area contributed by atoms with E-state index in [-0.39, 0.29) is 0 Å². The number of ether oxygens (including phenoxy) is 1. The molecule has 0 radical (unpaired) electrons. The van der Waals surface area contributed by atoms with E-state index in [1.165, 1.54) is 24.2 Å². The summed E-state index contributed by atoms with van der Waals surface area (Å²) in [6.07, 6.45) is 4.63. The number of hydrogen-bond acceptors (Lipinski definition) is 3. The highest BCUT2D eigenvalue weighted by molar-refractivity contribution is 8.00. The maximum atomic E-state index is 5.72. The largest absolute Gasteiger partial charge is 0.381 e. The Morgan fingerprint density at radius 3 is 2.88 bits per heavy atom. The molecule has 0 spiro atoms. The Labute approximate surface area is 150 Å². The Bertz CT molecular complexity index is 461. The number of guanidine groups is 1. The summed E-state index contributed by atoms with van der Waals surface area (Å²) in [4.78, 5) is 4.70. The topological polar surface area (TPSA) is 45.7 Å². The van der Waals surface area contributed by atoms with Crippen molar-refractivity contribution in [2.24, 2.45) is 4.99 Å². The summed E-state index contributed by atoms with van der Waals surface area (Å²) in [6, 6.07) is 10.5. The molecule has 0 amide bonds. The Morgan fingerprint density at radius 1 is 1.25 bits per heavy atom. The number of rotatable bonds is 10. The van der Waals surface area contributed by atoms with Crippen LogP contribution in [0.15, 0.2) is 35.3 Å². The summed E-state index contributed by atoms with van der Waals surface area (Å²) in [5, 5.41) is 7.43. The van der Waals surface area contributed by atoms with Crippen LogP contribution in [0.4, 0.5) is 0 Å². The van der Waals surface area contributed by atoms with Gasteiger partial charge in [0.25, 0.3) is 0 Å². The highest BCUT2D eigenvalue weighted by Crippen LogP contribution is 2.25. The third-order valence-electron chi connectivity index (χ3n) is 3.96. The number of nitrogens with one attached hydrogen (secondary N) is 2. The second-order valence-corrected chi connectivity index (χ2v) is 7.39. The average molecular weight is 350 g/mol. The van der Waals surface area contributed by atoms with Gasteiger partial charge < -0.3 is 15.4 Å².